The minimum absolute atomic E-state index is 0.164. The van der Waals surface area contributed by atoms with E-state index in [9.17, 15) is 12.8 Å². The van der Waals surface area contributed by atoms with Crippen molar-refractivity contribution in [1.29, 1.82) is 0 Å². The lowest BCUT2D eigenvalue weighted by molar-refractivity contribution is 0.558. The SMILES string of the molecule is CCCn1c(-c2cccc(C)c2F)nnc1S(N)(=O)=O. The molecule has 20 heavy (non-hydrogen) atoms. The molecule has 0 fully saturated rings. The molecular weight excluding hydrogens is 283 g/mol. The summed E-state index contributed by atoms with van der Waals surface area (Å²) in [4.78, 5) is 0. The number of aromatic nitrogens is 3. The normalized spacial score (nSPS) is 11.8. The van der Waals surface area contributed by atoms with Gasteiger partial charge in [-0.05, 0) is 25.0 Å². The zero-order valence-corrected chi connectivity index (χ0v) is 12.0. The van der Waals surface area contributed by atoms with Gasteiger partial charge in [-0.2, -0.15) is 0 Å². The molecule has 0 spiro atoms. The van der Waals surface area contributed by atoms with Crippen LogP contribution in [0.25, 0.3) is 11.4 Å². The van der Waals surface area contributed by atoms with Crippen LogP contribution >= 0.6 is 0 Å². The van der Waals surface area contributed by atoms with Crippen LogP contribution in [0.15, 0.2) is 23.4 Å². The minimum Gasteiger partial charge on any atom is -0.297 e. The van der Waals surface area contributed by atoms with Crippen LogP contribution in [0, 0.1) is 12.7 Å². The van der Waals surface area contributed by atoms with Crippen molar-refractivity contribution in [1.82, 2.24) is 14.8 Å². The second-order valence-corrected chi connectivity index (χ2v) is 5.89. The molecule has 0 atom stereocenters. The molecule has 1 aromatic carbocycles. The fourth-order valence-electron chi connectivity index (χ4n) is 1.94. The Balaban J connectivity index is 2.69. The van der Waals surface area contributed by atoms with E-state index < -0.39 is 15.8 Å². The number of rotatable bonds is 4. The molecule has 0 saturated carbocycles. The van der Waals surface area contributed by atoms with Crippen molar-refractivity contribution in [3.05, 3.63) is 29.6 Å². The van der Waals surface area contributed by atoms with Crippen LogP contribution in [0.5, 0.6) is 0 Å². The molecule has 2 aromatic rings. The third kappa shape index (κ3) is 2.56. The smallest absolute Gasteiger partial charge is 0.273 e. The van der Waals surface area contributed by atoms with E-state index in [1.54, 1.807) is 19.1 Å². The fourth-order valence-corrected chi connectivity index (χ4v) is 2.58. The molecule has 2 N–H and O–H groups in total. The number of hydrogen-bond donors (Lipinski definition) is 1. The predicted molar refractivity (Wildman–Crippen MR) is 71.8 cm³/mol. The standard InChI is InChI=1S/C12H15FN4O2S/c1-3-7-17-11(15-16-12(17)20(14,18)19)9-6-4-5-8(2)10(9)13/h4-6H,3,7H2,1-2H3,(H2,14,18,19). The molecule has 0 aliphatic heterocycles. The molecule has 1 heterocycles. The van der Waals surface area contributed by atoms with Gasteiger partial charge in [0.15, 0.2) is 5.82 Å². The lowest BCUT2D eigenvalue weighted by Gasteiger charge is -2.09. The van der Waals surface area contributed by atoms with E-state index in [0.717, 1.165) is 0 Å². The first-order chi connectivity index (χ1) is 9.36. The van der Waals surface area contributed by atoms with E-state index in [0.29, 0.717) is 18.5 Å². The number of benzene rings is 1. The van der Waals surface area contributed by atoms with E-state index in [2.05, 4.69) is 10.2 Å². The van der Waals surface area contributed by atoms with Crippen molar-refractivity contribution in [3.8, 4) is 11.4 Å². The summed E-state index contributed by atoms with van der Waals surface area (Å²) in [5, 5.41) is 12.1. The van der Waals surface area contributed by atoms with E-state index >= 15 is 0 Å². The van der Waals surface area contributed by atoms with Gasteiger partial charge in [0.2, 0.25) is 0 Å². The van der Waals surface area contributed by atoms with Gasteiger partial charge in [-0.1, -0.05) is 19.1 Å². The van der Waals surface area contributed by atoms with E-state index in [4.69, 9.17) is 5.14 Å². The van der Waals surface area contributed by atoms with Gasteiger partial charge >= 0.3 is 0 Å². The largest absolute Gasteiger partial charge is 0.297 e. The monoisotopic (exact) mass is 298 g/mol. The first-order valence-electron chi connectivity index (χ1n) is 6.07. The van der Waals surface area contributed by atoms with Crippen molar-refractivity contribution in [2.45, 2.75) is 32.0 Å². The van der Waals surface area contributed by atoms with Gasteiger partial charge in [-0.25, -0.2) is 17.9 Å². The third-order valence-corrected chi connectivity index (χ3v) is 3.66. The molecule has 0 radical (unpaired) electrons. The maximum Gasteiger partial charge on any atom is 0.273 e. The molecule has 0 bridgehead atoms. The number of halogens is 1. The summed E-state index contributed by atoms with van der Waals surface area (Å²) >= 11 is 0. The van der Waals surface area contributed by atoms with Crippen LogP contribution in [0.1, 0.15) is 18.9 Å². The highest BCUT2D eigenvalue weighted by Crippen LogP contribution is 2.25. The minimum atomic E-state index is -4.00. The van der Waals surface area contributed by atoms with Crippen LogP contribution in [0.3, 0.4) is 0 Å². The molecule has 0 saturated heterocycles. The molecule has 0 aliphatic carbocycles. The highest BCUT2D eigenvalue weighted by Gasteiger charge is 2.23. The van der Waals surface area contributed by atoms with Crippen LogP contribution in [-0.2, 0) is 16.6 Å². The Morgan fingerprint density at radius 2 is 2.05 bits per heavy atom. The van der Waals surface area contributed by atoms with Gasteiger partial charge in [0.05, 0.1) is 5.56 Å². The molecule has 108 valence electrons. The van der Waals surface area contributed by atoms with Crippen molar-refractivity contribution in [2.75, 3.05) is 0 Å². The zero-order valence-electron chi connectivity index (χ0n) is 11.2. The molecule has 0 amide bonds. The first kappa shape index (κ1) is 14.6. The average molecular weight is 298 g/mol. The summed E-state index contributed by atoms with van der Waals surface area (Å²) in [5.41, 5.74) is 0.659. The maximum absolute atomic E-state index is 14.2. The van der Waals surface area contributed by atoms with Gasteiger partial charge in [0, 0.05) is 6.54 Å². The summed E-state index contributed by atoms with van der Waals surface area (Å²) in [6.45, 7) is 3.82. The van der Waals surface area contributed by atoms with E-state index in [-0.39, 0.29) is 16.5 Å². The number of hydrogen-bond acceptors (Lipinski definition) is 4. The summed E-state index contributed by atoms with van der Waals surface area (Å²) in [6, 6.07) is 4.83. The Kier molecular flexibility index (Phi) is 3.87. The van der Waals surface area contributed by atoms with E-state index in [1.165, 1.54) is 10.6 Å². The van der Waals surface area contributed by atoms with Gasteiger partial charge in [-0.3, -0.25) is 4.57 Å². The van der Waals surface area contributed by atoms with Gasteiger partial charge in [0.25, 0.3) is 15.2 Å². The van der Waals surface area contributed by atoms with Gasteiger partial charge < -0.3 is 0 Å². The van der Waals surface area contributed by atoms with Crippen LogP contribution in [0.4, 0.5) is 4.39 Å². The Morgan fingerprint density at radius 1 is 1.35 bits per heavy atom. The Bertz CT molecular complexity index is 740. The van der Waals surface area contributed by atoms with Crippen LogP contribution < -0.4 is 5.14 Å². The van der Waals surface area contributed by atoms with Crippen molar-refractivity contribution in [3.63, 3.8) is 0 Å². The molecular formula is C12H15FN4O2S. The van der Waals surface area contributed by atoms with Crippen molar-refractivity contribution in [2.24, 2.45) is 5.14 Å². The lowest BCUT2D eigenvalue weighted by Crippen LogP contribution is -2.19. The predicted octanol–water partition coefficient (Wildman–Crippen LogP) is 1.45. The number of sulfonamides is 1. The maximum atomic E-state index is 14.2. The number of nitrogens with zero attached hydrogens (tertiary/aromatic N) is 3. The average Bonchev–Trinajstić information content (AvgIpc) is 2.77. The van der Waals surface area contributed by atoms with E-state index in [1.807, 2.05) is 6.92 Å². The van der Waals surface area contributed by atoms with Gasteiger partial charge in [0.1, 0.15) is 5.82 Å². The number of primary sulfonamides is 1. The topological polar surface area (TPSA) is 90.9 Å². The molecule has 1 aromatic heterocycles. The zero-order chi connectivity index (χ0) is 14.9. The Hall–Kier alpha value is -1.80. The van der Waals surface area contributed by atoms with Crippen molar-refractivity contribution >= 4 is 10.0 Å². The summed E-state index contributed by atoms with van der Waals surface area (Å²) < 4.78 is 38.4. The summed E-state index contributed by atoms with van der Waals surface area (Å²) in [5.74, 6) is -0.282. The second-order valence-electron chi connectivity index (χ2n) is 4.44. The molecule has 2 rings (SSSR count). The van der Waals surface area contributed by atoms with Crippen LogP contribution in [0.2, 0.25) is 0 Å². The molecule has 0 unspecified atom stereocenters. The second kappa shape index (κ2) is 5.29. The fraction of sp³-hybridized carbons (Fsp3) is 0.333. The van der Waals surface area contributed by atoms with Crippen molar-refractivity contribution < 1.29 is 12.8 Å². The molecule has 0 aliphatic rings. The number of aryl methyl sites for hydroxylation is 1. The molecule has 6 nitrogen and oxygen atoms in total. The quantitative estimate of drug-likeness (QED) is 0.925. The highest BCUT2D eigenvalue weighted by molar-refractivity contribution is 7.89. The Morgan fingerprint density at radius 3 is 2.65 bits per heavy atom. The summed E-state index contributed by atoms with van der Waals surface area (Å²) in [7, 11) is -4.00. The summed E-state index contributed by atoms with van der Waals surface area (Å²) in [6.07, 6.45) is 0.640. The third-order valence-electron chi connectivity index (χ3n) is 2.85. The highest BCUT2D eigenvalue weighted by atomic mass is 32.2. The Labute approximate surface area is 116 Å². The lowest BCUT2D eigenvalue weighted by atomic mass is 10.1. The number of nitrogens with two attached hydrogens (primary N) is 1. The van der Waals surface area contributed by atoms with Crippen LogP contribution in [-0.4, -0.2) is 23.2 Å². The first-order valence-corrected chi connectivity index (χ1v) is 7.62. The van der Waals surface area contributed by atoms with Gasteiger partial charge in [-0.15, -0.1) is 10.2 Å². The molecule has 8 heteroatoms.